The quantitative estimate of drug-likeness (QED) is 0.546. The van der Waals surface area contributed by atoms with Gasteiger partial charge >= 0.3 is 6.61 Å². The summed E-state index contributed by atoms with van der Waals surface area (Å²) in [6, 6.07) is 9.70. The molecule has 4 heterocycles. The highest BCUT2D eigenvalue weighted by Crippen LogP contribution is 2.28. The number of pyridine rings is 2. The van der Waals surface area contributed by atoms with Crippen LogP contribution in [0.5, 0.6) is 5.88 Å². The molecule has 4 aromatic rings. The monoisotopic (exact) mass is 399 g/mol. The fraction of sp³-hybridized carbons (Fsp3) is 0.0556. The summed E-state index contributed by atoms with van der Waals surface area (Å²) in [6.45, 7) is -2.98. The Morgan fingerprint density at radius 2 is 2.00 bits per heavy atom. The first-order valence-corrected chi connectivity index (χ1v) is 8.87. The van der Waals surface area contributed by atoms with Crippen LogP contribution >= 0.6 is 11.3 Å². The number of rotatable bonds is 5. The molecular weight excluding hydrogens is 388 g/mol. The Kier molecular flexibility index (Phi) is 4.85. The molecule has 0 spiro atoms. The summed E-state index contributed by atoms with van der Waals surface area (Å²) in [5.41, 5.74) is 0.742. The van der Waals surface area contributed by atoms with Crippen molar-refractivity contribution in [3.8, 4) is 17.4 Å². The topological polar surface area (TPSA) is 89.9 Å². The number of alkyl halides is 2. The Morgan fingerprint density at radius 1 is 1.11 bits per heavy atom. The number of carbonyl (C=O) groups is 1. The summed E-state index contributed by atoms with van der Waals surface area (Å²) in [6.07, 6.45) is 2.78. The highest BCUT2D eigenvalue weighted by molar-refractivity contribution is 7.16. The number of hydrogen-bond acceptors (Lipinski definition) is 7. The predicted octanol–water partition coefficient (Wildman–Crippen LogP) is 4.00. The summed E-state index contributed by atoms with van der Waals surface area (Å²) in [5, 5.41) is 5.24. The summed E-state index contributed by atoms with van der Waals surface area (Å²) >= 11 is 1.41. The van der Waals surface area contributed by atoms with Gasteiger partial charge in [-0.1, -0.05) is 6.07 Å². The van der Waals surface area contributed by atoms with Crippen LogP contribution in [-0.4, -0.2) is 32.5 Å². The number of nitrogens with one attached hydrogen (secondary N) is 1. The van der Waals surface area contributed by atoms with Gasteiger partial charge in [0.2, 0.25) is 5.88 Å². The summed E-state index contributed by atoms with van der Waals surface area (Å²) in [7, 11) is 0. The SMILES string of the molecule is O=C(Nc1nc(-c2ccccn2)nc2sccc12)c1ccc(OC(F)F)nc1. The fourth-order valence-corrected chi connectivity index (χ4v) is 3.18. The minimum Gasteiger partial charge on any atom is -0.417 e. The first-order valence-electron chi connectivity index (χ1n) is 7.99. The Morgan fingerprint density at radius 3 is 2.71 bits per heavy atom. The van der Waals surface area contributed by atoms with Crippen LogP contribution in [0.1, 0.15) is 10.4 Å². The molecule has 140 valence electrons. The van der Waals surface area contributed by atoms with Gasteiger partial charge in [-0.25, -0.2) is 15.0 Å². The molecule has 0 fully saturated rings. The Hall–Kier alpha value is -3.53. The average molecular weight is 399 g/mol. The van der Waals surface area contributed by atoms with Crippen LogP contribution in [0.2, 0.25) is 0 Å². The third-order valence-electron chi connectivity index (χ3n) is 3.66. The molecule has 0 saturated heterocycles. The zero-order valence-corrected chi connectivity index (χ0v) is 14.9. The average Bonchev–Trinajstić information content (AvgIpc) is 3.18. The van der Waals surface area contributed by atoms with Crippen molar-refractivity contribution in [1.29, 1.82) is 0 Å². The molecule has 7 nitrogen and oxygen atoms in total. The minimum atomic E-state index is -2.98. The van der Waals surface area contributed by atoms with Crippen molar-refractivity contribution in [3.63, 3.8) is 0 Å². The van der Waals surface area contributed by atoms with E-state index in [9.17, 15) is 13.6 Å². The smallest absolute Gasteiger partial charge is 0.388 e. The second kappa shape index (κ2) is 7.61. The van der Waals surface area contributed by atoms with Crippen LogP contribution in [0, 0.1) is 0 Å². The van der Waals surface area contributed by atoms with Gasteiger partial charge in [0.1, 0.15) is 16.3 Å². The van der Waals surface area contributed by atoms with Gasteiger partial charge < -0.3 is 10.1 Å². The lowest BCUT2D eigenvalue weighted by Gasteiger charge is -2.08. The number of ether oxygens (including phenoxy) is 1. The van der Waals surface area contributed by atoms with Gasteiger partial charge in [-0.15, -0.1) is 11.3 Å². The summed E-state index contributed by atoms with van der Waals surface area (Å²) < 4.78 is 28.6. The summed E-state index contributed by atoms with van der Waals surface area (Å²) in [5.74, 6) is -0.0602. The lowest BCUT2D eigenvalue weighted by Crippen LogP contribution is -2.14. The molecule has 0 unspecified atom stereocenters. The third-order valence-corrected chi connectivity index (χ3v) is 4.47. The zero-order valence-electron chi connectivity index (χ0n) is 14.0. The van der Waals surface area contributed by atoms with Crippen molar-refractivity contribution in [1.82, 2.24) is 19.9 Å². The van der Waals surface area contributed by atoms with Gasteiger partial charge in [0.25, 0.3) is 5.91 Å². The zero-order chi connectivity index (χ0) is 19.5. The fourth-order valence-electron chi connectivity index (χ4n) is 2.42. The van der Waals surface area contributed by atoms with Crippen molar-refractivity contribution < 1.29 is 18.3 Å². The molecule has 0 aromatic carbocycles. The number of halogens is 2. The van der Waals surface area contributed by atoms with Gasteiger partial charge in [-0.05, 0) is 29.6 Å². The molecule has 0 aliphatic carbocycles. The van der Waals surface area contributed by atoms with E-state index < -0.39 is 12.5 Å². The van der Waals surface area contributed by atoms with Gasteiger partial charge in [-0.2, -0.15) is 8.78 Å². The van der Waals surface area contributed by atoms with E-state index in [2.05, 4.69) is 30.0 Å². The largest absolute Gasteiger partial charge is 0.417 e. The summed E-state index contributed by atoms with van der Waals surface area (Å²) in [4.78, 5) is 30.1. The molecule has 1 N–H and O–H groups in total. The van der Waals surface area contributed by atoms with E-state index in [0.29, 0.717) is 27.6 Å². The maximum atomic E-state index is 12.5. The van der Waals surface area contributed by atoms with Gasteiger partial charge in [0, 0.05) is 18.5 Å². The highest BCUT2D eigenvalue weighted by atomic mass is 32.1. The molecule has 0 atom stereocenters. The van der Waals surface area contributed by atoms with Crippen molar-refractivity contribution in [2.45, 2.75) is 6.61 Å². The van der Waals surface area contributed by atoms with E-state index in [1.165, 1.54) is 23.5 Å². The van der Waals surface area contributed by atoms with Gasteiger partial charge in [-0.3, -0.25) is 9.78 Å². The van der Waals surface area contributed by atoms with E-state index in [1.54, 1.807) is 24.4 Å². The molecule has 0 radical (unpaired) electrons. The van der Waals surface area contributed by atoms with E-state index in [1.807, 2.05) is 11.4 Å². The number of carbonyl (C=O) groups excluding carboxylic acids is 1. The molecule has 4 aromatic heterocycles. The highest BCUT2D eigenvalue weighted by Gasteiger charge is 2.15. The second-order valence-electron chi connectivity index (χ2n) is 5.47. The van der Waals surface area contributed by atoms with Crippen LogP contribution in [0.25, 0.3) is 21.7 Å². The van der Waals surface area contributed by atoms with Crippen LogP contribution in [0.15, 0.2) is 54.2 Å². The molecule has 0 aliphatic rings. The number of hydrogen-bond donors (Lipinski definition) is 1. The first-order chi connectivity index (χ1) is 13.6. The van der Waals surface area contributed by atoms with Gasteiger partial charge in [0.15, 0.2) is 5.82 Å². The molecule has 0 saturated carbocycles. The lowest BCUT2D eigenvalue weighted by molar-refractivity contribution is -0.0528. The van der Waals surface area contributed by atoms with E-state index in [4.69, 9.17) is 0 Å². The van der Waals surface area contributed by atoms with E-state index in [-0.39, 0.29) is 11.4 Å². The maximum Gasteiger partial charge on any atom is 0.388 e. The van der Waals surface area contributed by atoms with Crippen LogP contribution < -0.4 is 10.1 Å². The van der Waals surface area contributed by atoms with Crippen LogP contribution in [0.3, 0.4) is 0 Å². The first kappa shape index (κ1) is 17.9. The van der Waals surface area contributed by atoms with Crippen molar-refractivity contribution >= 4 is 33.3 Å². The molecular formula is C18H11F2N5O2S. The number of anilines is 1. The van der Waals surface area contributed by atoms with Crippen LogP contribution in [-0.2, 0) is 0 Å². The van der Waals surface area contributed by atoms with Crippen molar-refractivity contribution in [3.05, 3.63) is 59.7 Å². The van der Waals surface area contributed by atoms with Crippen molar-refractivity contribution in [2.24, 2.45) is 0 Å². The minimum absolute atomic E-state index is 0.169. The Bertz CT molecular complexity index is 1120. The lowest BCUT2D eigenvalue weighted by atomic mass is 10.2. The third kappa shape index (κ3) is 3.76. The molecule has 0 aliphatic heterocycles. The molecule has 0 bridgehead atoms. The normalized spacial score (nSPS) is 11.0. The molecule has 28 heavy (non-hydrogen) atoms. The van der Waals surface area contributed by atoms with Crippen molar-refractivity contribution in [2.75, 3.05) is 5.32 Å². The maximum absolute atomic E-state index is 12.5. The standard InChI is InChI=1S/C18H11F2N5O2S/c19-18(20)27-13-5-4-10(9-22-13)16(26)24-14-11-6-8-28-17(11)25-15(23-14)12-3-1-2-7-21-12/h1-9,18H,(H,23,24,25,26). The Labute approximate surface area is 161 Å². The van der Waals surface area contributed by atoms with E-state index in [0.717, 1.165) is 6.20 Å². The Balaban J connectivity index is 1.63. The molecule has 4 rings (SSSR count). The number of nitrogens with zero attached hydrogens (tertiary/aromatic N) is 4. The van der Waals surface area contributed by atoms with E-state index >= 15 is 0 Å². The number of fused-ring (bicyclic) bond motifs is 1. The predicted molar refractivity (Wildman–Crippen MR) is 99.5 cm³/mol. The van der Waals surface area contributed by atoms with Crippen LogP contribution in [0.4, 0.5) is 14.6 Å². The molecule has 10 heteroatoms. The number of aromatic nitrogens is 4. The number of amides is 1. The molecule has 1 amide bonds. The van der Waals surface area contributed by atoms with Gasteiger partial charge in [0.05, 0.1) is 10.9 Å². The number of thiophene rings is 1. The second-order valence-corrected chi connectivity index (χ2v) is 6.36.